The zero-order chi connectivity index (χ0) is 47.9. The molecule has 3 saturated heterocycles. The molecule has 0 radical (unpaired) electrons. The van der Waals surface area contributed by atoms with Gasteiger partial charge in [0.15, 0.2) is 0 Å². The van der Waals surface area contributed by atoms with E-state index in [2.05, 4.69) is 54.8 Å². The summed E-state index contributed by atoms with van der Waals surface area (Å²) in [6.45, 7) is 8.65. The second kappa shape index (κ2) is 19.0. The molecule has 0 bridgehead atoms. The number of aromatic amines is 2. The number of pyridine rings is 1. The van der Waals surface area contributed by atoms with Gasteiger partial charge in [-0.25, -0.2) is 33.0 Å². The highest BCUT2D eigenvalue weighted by Gasteiger charge is 2.41. The molecule has 5 aromatic rings. The van der Waals surface area contributed by atoms with E-state index in [1.54, 1.807) is 22.1 Å². The fourth-order valence-electron chi connectivity index (χ4n) is 9.92. The minimum atomic E-state index is -3.54. The van der Waals surface area contributed by atoms with Crippen LogP contribution in [-0.2, 0) is 29.1 Å². The highest BCUT2D eigenvalue weighted by molar-refractivity contribution is 7.92. The van der Waals surface area contributed by atoms with Gasteiger partial charge in [-0.1, -0.05) is 39.8 Å². The highest BCUT2D eigenvalue weighted by Crippen LogP contribution is 2.48. The van der Waals surface area contributed by atoms with Crippen LogP contribution in [0.1, 0.15) is 113 Å². The molecule has 6 atom stereocenters. The number of sulfonamides is 1. The molecule has 2 aromatic carbocycles. The summed E-state index contributed by atoms with van der Waals surface area (Å²) in [4.78, 5) is 79.7. The Labute approximate surface area is 390 Å². The van der Waals surface area contributed by atoms with Crippen LogP contribution < -0.4 is 19.8 Å². The van der Waals surface area contributed by atoms with Crippen molar-refractivity contribution >= 4 is 67.6 Å². The maximum Gasteiger partial charge on any atom is 0.407 e. The number of anilines is 2. The lowest BCUT2D eigenvalue weighted by molar-refractivity contribution is -0.136. The Balaban J connectivity index is 1.10. The summed E-state index contributed by atoms with van der Waals surface area (Å²) in [7, 11) is 0.497. The van der Waals surface area contributed by atoms with E-state index >= 15 is 0 Å². The van der Waals surface area contributed by atoms with Gasteiger partial charge in [-0.3, -0.25) is 13.9 Å². The van der Waals surface area contributed by atoms with Crippen LogP contribution in [0.2, 0.25) is 0 Å². The SMILES string of the molecule is COC(=O)NC(C(=O)N1CCCC1c1nc2ccc(C3CCC(c4ccc5nc(C6CCCN6C(=O)C(NC(=O)OC)C(C)C)[nH]c5c4)N3c3ccc(N(C)S(C)(=O)=O)nc3)cc2[nH]1)C(C)C. The number of aromatic nitrogens is 5. The molecule has 3 aromatic heterocycles. The van der Waals surface area contributed by atoms with Crippen molar-refractivity contribution in [3.8, 4) is 0 Å². The number of imidazole rings is 2. The number of amides is 4. The molecule has 0 saturated carbocycles. The average molecular weight is 940 g/mol. The number of alkyl carbamates (subject to hydrolysis) is 2. The Morgan fingerprint density at radius 3 is 1.55 bits per heavy atom. The van der Waals surface area contributed by atoms with Crippen molar-refractivity contribution in [3.63, 3.8) is 0 Å². The fraction of sp³-hybridized carbons (Fsp3) is 0.511. The Kier molecular flexibility index (Phi) is 13.4. The molecule has 6 unspecified atom stereocenters. The number of H-pyrrole nitrogens is 2. The molecule has 0 spiro atoms. The summed E-state index contributed by atoms with van der Waals surface area (Å²) < 4.78 is 35.6. The predicted octanol–water partition coefficient (Wildman–Crippen LogP) is 6.40. The minimum absolute atomic E-state index is 0.110. The van der Waals surface area contributed by atoms with Gasteiger partial charge in [-0.05, 0) is 97.9 Å². The number of hydrogen-bond acceptors (Lipinski definition) is 12. The molecular weight excluding hydrogens is 879 g/mol. The van der Waals surface area contributed by atoms with E-state index in [0.717, 1.165) is 88.0 Å². The topological polar surface area (TPSA) is 228 Å². The smallest absolute Gasteiger partial charge is 0.407 e. The molecule has 6 heterocycles. The van der Waals surface area contributed by atoms with Crippen LogP contribution in [0.3, 0.4) is 0 Å². The van der Waals surface area contributed by atoms with Gasteiger partial charge in [0.2, 0.25) is 21.8 Å². The first-order chi connectivity index (χ1) is 32.0. The summed E-state index contributed by atoms with van der Waals surface area (Å²) in [5.41, 5.74) is 6.10. The molecule has 4 amide bonds. The highest BCUT2D eigenvalue weighted by atomic mass is 32.2. The summed E-state index contributed by atoms with van der Waals surface area (Å²) in [5.74, 6) is 1.01. The number of carbonyl (C=O) groups is 4. The number of carbonyl (C=O) groups excluding carboxylic acids is 4. The quantitative estimate of drug-likeness (QED) is 0.101. The number of nitrogens with one attached hydrogen (secondary N) is 4. The molecule has 67 heavy (non-hydrogen) atoms. The van der Waals surface area contributed by atoms with Gasteiger partial charge in [0.05, 0.1) is 78.6 Å². The lowest BCUT2D eigenvalue weighted by atomic mass is 10.0. The number of hydrogen-bond donors (Lipinski definition) is 4. The molecule has 358 valence electrons. The van der Waals surface area contributed by atoms with Crippen molar-refractivity contribution in [2.45, 2.75) is 102 Å². The monoisotopic (exact) mass is 939 g/mol. The van der Waals surface area contributed by atoms with Gasteiger partial charge in [0, 0.05) is 20.1 Å². The van der Waals surface area contributed by atoms with Crippen molar-refractivity contribution in [3.05, 3.63) is 77.5 Å². The van der Waals surface area contributed by atoms with Crippen LogP contribution in [0.4, 0.5) is 21.1 Å². The van der Waals surface area contributed by atoms with E-state index in [4.69, 9.17) is 19.4 Å². The first kappa shape index (κ1) is 47.1. The molecule has 3 aliphatic rings. The number of likely N-dealkylation sites (tertiary alicyclic amines) is 2. The minimum Gasteiger partial charge on any atom is -0.453 e. The number of ether oxygens (including phenoxy) is 2. The molecular formula is C47H61N11O8S. The van der Waals surface area contributed by atoms with Crippen molar-refractivity contribution in [2.75, 3.05) is 49.8 Å². The van der Waals surface area contributed by atoms with Crippen molar-refractivity contribution < 1.29 is 37.1 Å². The van der Waals surface area contributed by atoms with E-state index in [0.29, 0.717) is 30.6 Å². The van der Waals surface area contributed by atoms with Crippen LogP contribution in [0.25, 0.3) is 22.1 Å². The second-order valence-electron chi connectivity index (χ2n) is 18.5. The van der Waals surface area contributed by atoms with Gasteiger partial charge >= 0.3 is 12.2 Å². The van der Waals surface area contributed by atoms with Gasteiger partial charge in [-0.2, -0.15) is 0 Å². The molecule has 4 N–H and O–H groups in total. The standard InChI is InChI=1S/C47H61N11O8S/c1-26(2)40(53-46(61)65-6)44(59)56-21-9-11-37(56)42-49-31-16-13-28(23-33(31)51-42)35-18-19-36(58(35)30-15-20-39(48-25-30)55(5)67(8,63)64)29-14-17-32-34(24-29)52-43(50-32)38-12-10-22-57(38)45(60)41(27(3)4)54-47(62)66-7/h13-17,20,23-27,35-38,40-41H,9-12,18-19,21-22H2,1-8H3,(H,49,51)(H,50,52)(H,53,61)(H,54,62). The number of fused-ring (bicyclic) bond motifs is 2. The van der Waals surface area contributed by atoms with Crippen molar-refractivity contribution in [1.29, 1.82) is 0 Å². The largest absolute Gasteiger partial charge is 0.453 e. The Hall–Kier alpha value is -6.44. The van der Waals surface area contributed by atoms with E-state index in [1.807, 2.05) is 45.9 Å². The average Bonchev–Trinajstić information content (AvgIpc) is 4.17. The van der Waals surface area contributed by atoms with Gasteiger partial charge in [0.1, 0.15) is 29.6 Å². The van der Waals surface area contributed by atoms with Gasteiger partial charge in [0.25, 0.3) is 0 Å². The zero-order valence-electron chi connectivity index (χ0n) is 39.3. The van der Waals surface area contributed by atoms with Crippen LogP contribution in [0.15, 0.2) is 54.7 Å². The molecule has 3 aliphatic heterocycles. The third-order valence-corrected chi connectivity index (χ3v) is 14.7. The van der Waals surface area contributed by atoms with Crippen LogP contribution in [0, 0.1) is 11.8 Å². The Morgan fingerprint density at radius 1 is 0.701 bits per heavy atom. The maximum absolute atomic E-state index is 13.9. The van der Waals surface area contributed by atoms with E-state index in [-0.39, 0.29) is 47.8 Å². The summed E-state index contributed by atoms with van der Waals surface area (Å²) in [5, 5.41) is 5.43. The van der Waals surface area contributed by atoms with Crippen LogP contribution in [-0.4, -0.2) is 120 Å². The molecule has 3 fully saturated rings. The van der Waals surface area contributed by atoms with E-state index in [1.165, 1.54) is 21.3 Å². The van der Waals surface area contributed by atoms with Gasteiger partial charge < -0.3 is 44.8 Å². The zero-order valence-corrected chi connectivity index (χ0v) is 40.1. The fourth-order valence-corrected chi connectivity index (χ4v) is 10.4. The molecule has 8 rings (SSSR count). The van der Waals surface area contributed by atoms with Crippen LogP contribution in [0.5, 0.6) is 0 Å². The van der Waals surface area contributed by atoms with Crippen LogP contribution >= 0.6 is 0 Å². The number of rotatable bonds is 13. The summed E-state index contributed by atoms with van der Waals surface area (Å²) in [6, 6.07) is 13.7. The normalized spacial score (nSPS) is 20.8. The second-order valence-corrected chi connectivity index (χ2v) is 20.5. The van der Waals surface area contributed by atoms with Gasteiger partial charge in [-0.15, -0.1) is 0 Å². The lowest BCUT2D eigenvalue weighted by Crippen LogP contribution is -2.51. The van der Waals surface area contributed by atoms with Crippen molar-refractivity contribution in [1.82, 2.24) is 45.4 Å². The predicted molar refractivity (Wildman–Crippen MR) is 253 cm³/mol. The van der Waals surface area contributed by atoms with E-state index in [9.17, 15) is 27.6 Å². The maximum atomic E-state index is 13.9. The number of methoxy groups -OCH3 is 2. The summed E-state index contributed by atoms with van der Waals surface area (Å²) in [6.07, 6.45) is 6.18. The molecule has 20 heteroatoms. The number of benzene rings is 2. The summed E-state index contributed by atoms with van der Waals surface area (Å²) >= 11 is 0. The number of nitrogens with zero attached hydrogens (tertiary/aromatic N) is 7. The lowest BCUT2D eigenvalue weighted by Gasteiger charge is -2.33. The van der Waals surface area contributed by atoms with E-state index < -0.39 is 34.3 Å². The third kappa shape index (κ3) is 9.44. The molecule has 19 nitrogen and oxygen atoms in total. The van der Waals surface area contributed by atoms with Crippen molar-refractivity contribution in [2.24, 2.45) is 11.8 Å². The third-order valence-electron chi connectivity index (χ3n) is 13.5. The Bertz CT molecular complexity index is 2610. The molecule has 0 aliphatic carbocycles. The Morgan fingerprint density at radius 2 is 1.16 bits per heavy atom. The first-order valence-electron chi connectivity index (χ1n) is 22.9. The first-order valence-corrected chi connectivity index (χ1v) is 24.8.